The van der Waals surface area contributed by atoms with Gasteiger partial charge in [-0.25, -0.2) is 4.39 Å². The molecule has 0 aromatic heterocycles. The van der Waals surface area contributed by atoms with E-state index in [0.717, 1.165) is 13.0 Å². The highest BCUT2D eigenvalue weighted by atomic mass is 32.1. The van der Waals surface area contributed by atoms with Crippen LogP contribution in [0.1, 0.15) is 16.7 Å². The number of hydrogen-bond acceptors (Lipinski definition) is 2. The molecule has 2 aromatic carbocycles. The molecule has 0 saturated carbocycles. The summed E-state index contributed by atoms with van der Waals surface area (Å²) < 4.78 is 13.8. The van der Waals surface area contributed by atoms with Crippen LogP contribution in [0, 0.1) is 5.82 Å². The summed E-state index contributed by atoms with van der Waals surface area (Å²) in [5.41, 5.74) is 8.20. The van der Waals surface area contributed by atoms with Crippen molar-refractivity contribution in [2.24, 2.45) is 5.73 Å². The molecule has 4 heteroatoms. The standard InChI is InChI=1S/C17H19FN2S/c1-20(10-9-13-5-3-2-4-6-13)12-15-11-14(17(19)21)7-8-16(15)18/h2-8,11H,9-10,12H2,1H3,(H2,19,21). The second-order valence-corrected chi connectivity index (χ2v) is 5.58. The predicted molar refractivity (Wildman–Crippen MR) is 88.8 cm³/mol. The molecule has 0 saturated heterocycles. The van der Waals surface area contributed by atoms with Crippen molar-refractivity contribution in [3.8, 4) is 0 Å². The normalized spacial score (nSPS) is 10.8. The summed E-state index contributed by atoms with van der Waals surface area (Å²) in [6.07, 6.45) is 0.938. The molecular weight excluding hydrogens is 283 g/mol. The topological polar surface area (TPSA) is 29.3 Å². The third-order valence-corrected chi connectivity index (χ3v) is 3.63. The quantitative estimate of drug-likeness (QED) is 0.831. The van der Waals surface area contributed by atoms with Crippen LogP contribution >= 0.6 is 12.2 Å². The lowest BCUT2D eigenvalue weighted by Gasteiger charge is -2.17. The number of thiocarbonyl (C=S) groups is 1. The van der Waals surface area contributed by atoms with Crippen LogP contribution in [0.2, 0.25) is 0 Å². The van der Waals surface area contributed by atoms with E-state index in [9.17, 15) is 4.39 Å². The number of nitrogens with zero attached hydrogens (tertiary/aromatic N) is 1. The largest absolute Gasteiger partial charge is 0.389 e. The Hall–Kier alpha value is -1.78. The number of benzene rings is 2. The predicted octanol–water partition coefficient (Wildman–Crippen LogP) is 3.13. The summed E-state index contributed by atoms with van der Waals surface area (Å²) >= 11 is 4.94. The summed E-state index contributed by atoms with van der Waals surface area (Å²) in [5, 5.41) is 0. The molecule has 0 bridgehead atoms. The van der Waals surface area contributed by atoms with E-state index in [1.807, 2.05) is 25.2 Å². The highest BCUT2D eigenvalue weighted by molar-refractivity contribution is 7.80. The molecule has 0 aliphatic rings. The minimum Gasteiger partial charge on any atom is -0.389 e. The molecule has 0 heterocycles. The van der Waals surface area contributed by atoms with Crippen LogP contribution in [0.3, 0.4) is 0 Å². The van der Waals surface area contributed by atoms with E-state index in [0.29, 0.717) is 22.7 Å². The third-order valence-electron chi connectivity index (χ3n) is 3.40. The van der Waals surface area contributed by atoms with Gasteiger partial charge in [0.15, 0.2) is 0 Å². The molecule has 2 rings (SSSR count). The second kappa shape index (κ2) is 7.29. The van der Waals surface area contributed by atoms with Gasteiger partial charge < -0.3 is 10.6 Å². The Kier molecular flexibility index (Phi) is 5.42. The van der Waals surface area contributed by atoms with Crippen molar-refractivity contribution in [3.05, 3.63) is 71.0 Å². The summed E-state index contributed by atoms with van der Waals surface area (Å²) in [6, 6.07) is 15.0. The average molecular weight is 302 g/mol. The minimum absolute atomic E-state index is 0.221. The highest BCUT2D eigenvalue weighted by Gasteiger charge is 2.08. The lowest BCUT2D eigenvalue weighted by molar-refractivity contribution is 0.325. The molecule has 2 aromatic rings. The van der Waals surface area contributed by atoms with E-state index in [1.54, 1.807) is 12.1 Å². The van der Waals surface area contributed by atoms with Crippen molar-refractivity contribution in [1.82, 2.24) is 4.90 Å². The van der Waals surface area contributed by atoms with Gasteiger partial charge in [-0.1, -0.05) is 42.5 Å². The molecule has 0 fully saturated rings. The summed E-state index contributed by atoms with van der Waals surface area (Å²) in [5.74, 6) is -0.221. The van der Waals surface area contributed by atoms with Crippen molar-refractivity contribution in [2.45, 2.75) is 13.0 Å². The summed E-state index contributed by atoms with van der Waals surface area (Å²) in [4.78, 5) is 2.39. The van der Waals surface area contributed by atoms with Gasteiger partial charge >= 0.3 is 0 Å². The lowest BCUT2D eigenvalue weighted by Crippen LogP contribution is -2.22. The number of halogens is 1. The number of hydrogen-bond donors (Lipinski definition) is 1. The molecule has 0 aliphatic carbocycles. The molecule has 0 unspecified atom stereocenters. The molecule has 110 valence electrons. The Balaban J connectivity index is 1.97. The minimum atomic E-state index is -0.221. The highest BCUT2D eigenvalue weighted by Crippen LogP contribution is 2.13. The third kappa shape index (κ3) is 4.62. The molecule has 0 atom stereocenters. The van der Waals surface area contributed by atoms with Crippen LogP contribution in [0.4, 0.5) is 4.39 Å². The monoisotopic (exact) mass is 302 g/mol. The zero-order chi connectivity index (χ0) is 15.2. The molecule has 2 N–H and O–H groups in total. The van der Waals surface area contributed by atoms with Crippen molar-refractivity contribution in [2.75, 3.05) is 13.6 Å². The Morgan fingerprint density at radius 2 is 1.90 bits per heavy atom. The smallest absolute Gasteiger partial charge is 0.127 e. The van der Waals surface area contributed by atoms with E-state index >= 15 is 0 Å². The Labute approximate surface area is 130 Å². The maximum atomic E-state index is 13.8. The fraction of sp³-hybridized carbons (Fsp3) is 0.235. The van der Waals surface area contributed by atoms with Gasteiger partial charge in [0.05, 0.1) is 0 Å². The van der Waals surface area contributed by atoms with Crippen molar-refractivity contribution >= 4 is 17.2 Å². The van der Waals surface area contributed by atoms with Crippen LogP contribution in [0.25, 0.3) is 0 Å². The Bertz CT molecular complexity index is 613. The van der Waals surface area contributed by atoms with Crippen LogP contribution in [0.15, 0.2) is 48.5 Å². The number of likely N-dealkylation sites (N-methyl/N-ethyl adjacent to an activating group) is 1. The molecule has 0 radical (unpaired) electrons. The van der Waals surface area contributed by atoms with Gasteiger partial charge in [0, 0.05) is 24.2 Å². The number of nitrogens with two attached hydrogens (primary N) is 1. The first-order valence-electron chi connectivity index (χ1n) is 6.87. The molecule has 21 heavy (non-hydrogen) atoms. The lowest BCUT2D eigenvalue weighted by atomic mass is 10.1. The second-order valence-electron chi connectivity index (χ2n) is 5.14. The Morgan fingerprint density at radius 3 is 2.57 bits per heavy atom. The van der Waals surface area contributed by atoms with E-state index in [4.69, 9.17) is 18.0 Å². The molecule has 2 nitrogen and oxygen atoms in total. The SMILES string of the molecule is CN(CCc1ccccc1)Cc1cc(C(N)=S)ccc1F. The maximum Gasteiger partial charge on any atom is 0.127 e. The van der Waals surface area contributed by atoms with Crippen LogP contribution in [-0.2, 0) is 13.0 Å². The Morgan fingerprint density at radius 1 is 1.19 bits per heavy atom. The number of rotatable bonds is 6. The maximum absolute atomic E-state index is 13.8. The van der Waals surface area contributed by atoms with Crippen LogP contribution in [-0.4, -0.2) is 23.5 Å². The van der Waals surface area contributed by atoms with Gasteiger partial charge in [0.1, 0.15) is 10.8 Å². The van der Waals surface area contributed by atoms with Gasteiger partial charge in [0.25, 0.3) is 0 Å². The zero-order valence-electron chi connectivity index (χ0n) is 12.1. The van der Waals surface area contributed by atoms with E-state index in [1.165, 1.54) is 11.6 Å². The molecule has 0 amide bonds. The first-order chi connectivity index (χ1) is 10.1. The molecule has 0 aliphatic heterocycles. The van der Waals surface area contributed by atoms with Gasteiger partial charge in [-0.2, -0.15) is 0 Å². The van der Waals surface area contributed by atoms with E-state index < -0.39 is 0 Å². The zero-order valence-corrected chi connectivity index (χ0v) is 12.9. The first-order valence-corrected chi connectivity index (χ1v) is 7.28. The van der Waals surface area contributed by atoms with Gasteiger partial charge in [-0.3, -0.25) is 0 Å². The van der Waals surface area contributed by atoms with Crippen molar-refractivity contribution in [1.29, 1.82) is 0 Å². The van der Waals surface area contributed by atoms with Crippen molar-refractivity contribution < 1.29 is 4.39 Å². The molecular formula is C17H19FN2S. The molecule has 0 spiro atoms. The van der Waals surface area contributed by atoms with Crippen LogP contribution < -0.4 is 5.73 Å². The average Bonchev–Trinajstić information content (AvgIpc) is 2.48. The van der Waals surface area contributed by atoms with Crippen LogP contribution in [0.5, 0.6) is 0 Å². The fourth-order valence-corrected chi connectivity index (χ4v) is 2.31. The van der Waals surface area contributed by atoms with Crippen molar-refractivity contribution in [3.63, 3.8) is 0 Å². The van der Waals surface area contributed by atoms with Gasteiger partial charge in [-0.15, -0.1) is 0 Å². The van der Waals surface area contributed by atoms with E-state index in [2.05, 4.69) is 17.0 Å². The van der Waals surface area contributed by atoms with Gasteiger partial charge in [0.2, 0.25) is 0 Å². The fourth-order valence-electron chi connectivity index (χ4n) is 2.18. The summed E-state index contributed by atoms with van der Waals surface area (Å²) in [6.45, 7) is 1.40. The summed E-state index contributed by atoms with van der Waals surface area (Å²) in [7, 11) is 1.98. The first kappa shape index (κ1) is 15.6. The van der Waals surface area contributed by atoms with E-state index in [-0.39, 0.29) is 5.82 Å². The van der Waals surface area contributed by atoms with Gasteiger partial charge in [-0.05, 0) is 37.2 Å².